The topological polar surface area (TPSA) is 72.7 Å². The molecule has 1 saturated carbocycles. The van der Waals surface area contributed by atoms with Gasteiger partial charge in [0.2, 0.25) is 0 Å². The maximum Gasteiger partial charge on any atom is 0.185 e. The highest BCUT2D eigenvalue weighted by Gasteiger charge is 2.39. The van der Waals surface area contributed by atoms with Crippen LogP contribution in [0.1, 0.15) is 35.3 Å². The Kier molecular flexibility index (Phi) is 7.38. The van der Waals surface area contributed by atoms with Crippen LogP contribution in [0.5, 0.6) is 5.75 Å². The first kappa shape index (κ1) is 27.0. The van der Waals surface area contributed by atoms with Gasteiger partial charge in [-0.15, -0.1) is 0 Å². The molecule has 8 nitrogen and oxygen atoms in total. The summed E-state index contributed by atoms with van der Waals surface area (Å²) in [7, 11) is 1.48. The Morgan fingerprint density at radius 1 is 1.10 bits per heavy atom. The molecule has 3 aliphatic rings. The molecule has 2 atom stereocenters. The van der Waals surface area contributed by atoms with Crippen molar-refractivity contribution in [2.24, 2.45) is 5.92 Å². The van der Waals surface area contributed by atoms with Crippen molar-refractivity contribution in [2.45, 2.75) is 38.3 Å². The van der Waals surface area contributed by atoms with Crippen molar-refractivity contribution in [1.29, 1.82) is 0 Å². The van der Waals surface area contributed by atoms with E-state index < -0.39 is 5.82 Å². The van der Waals surface area contributed by atoms with Crippen LogP contribution in [0.25, 0.3) is 22.3 Å². The summed E-state index contributed by atoms with van der Waals surface area (Å²) in [5, 5.41) is 1.20. The number of ether oxygens (including phenoxy) is 2. The first-order valence-electron chi connectivity index (χ1n) is 15.0. The van der Waals surface area contributed by atoms with Gasteiger partial charge in [-0.25, -0.2) is 14.4 Å². The molecule has 7 rings (SSSR count). The number of nitrogens with zero attached hydrogens (tertiary/aromatic N) is 5. The third-order valence-electron chi connectivity index (χ3n) is 9.18. The number of Topliss-reactive ketones (excluding diaryl/α,β-unsaturated/α-hetero) is 1. The van der Waals surface area contributed by atoms with E-state index in [9.17, 15) is 9.18 Å². The molecular weight excluding hydrogens is 533 g/mol. The number of aromatic nitrogens is 3. The molecular formula is C33H36FN5O3. The smallest absolute Gasteiger partial charge is 0.185 e. The molecule has 9 heteroatoms. The molecule has 0 spiro atoms. The summed E-state index contributed by atoms with van der Waals surface area (Å²) in [4.78, 5) is 27.5. The van der Waals surface area contributed by atoms with E-state index in [1.807, 2.05) is 0 Å². The number of fused-ring (bicyclic) bond motifs is 3. The summed E-state index contributed by atoms with van der Waals surface area (Å²) < 4.78 is 28.0. The fourth-order valence-corrected chi connectivity index (χ4v) is 7.04. The van der Waals surface area contributed by atoms with Crippen LogP contribution in [0.3, 0.4) is 0 Å². The highest BCUT2D eigenvalue weighted by molar-refractivity contribution is 6.01. The minimum Gasteiger partial charge on any atom is -0.496 e. The molecule has 1 aliphatic carbocycles. The first-order valence-corrected chi connectivity index (χ1v) is 15.0. The van der Waals surface area contributed by atoms with E-state index in [2.05, 4.69) is 48.7 Å². The van der Waals surface area contributed by atoms with E-state index in [4.69, 9.17) is 9.47 Å². The lowest BCUT2D eigenvalue weighted by molar-refractivity contribution is 0.0365. The average molecular weight is 570 g/mol. The lowest BCUT2D eigenvalue weighted by Gasteiger charge is -2.32. The number of piperidine rings is 1. The number of anilines is 1. The number of hydrogen-bond acceptors (Lipinski definition) is 7. The molecule has 4 aromatic rings. The fourth-order valence-electron chi connectivity index (χ4n) is 7.04. The second-order valence-corrected chi connectivity index (χ2v) is 11.6. The zero-order valence-corrected chi connectivity index (χ0v) is 24.0. The second kappa shape index (κ2) is 11.5. The Hall–Kier alpha value is -3.82. The zero-order chi connectivity index (χ0) is 28.6. The van der Waals surface area contributed by atoms with Crippen molar-refractivity contribution in [3.8, 4) is 17.1 Å². The maximum absolute atomic E-state index is 14.8. The van der Waals surface area contributed by atoms with E-state index in [0.29, 0.717) is 11.8 Å². The number of carbonyl (C=O) groups is 1. The van der Waals surface area contributed by atoms with Gasteiger partial charge < -0.3 is 18.9 Å². The van der Waals surface area contributed by atoms with E-state index >= 15 is 0 Å². The molecule has 0 radical (unpaired) electrons. The standard InChI is InChI=1S/C33H36FN5O3/c1-41-30-4-2-3-26(34)31(30)33-35-11-9-27(36-33)29(40)20-23-6-8-28-25(32(23)39-21-22-5-7-24(39)19-22)10-12-38(28)14-13-37-15-17-42-18-16-37/h2-4,6,8-12,22,24H,5,7,13-21H2,1H3/t22-,24+/m0/s1. The lowest BCUT2D eigenvalue weighted by Crippen LogP contribution is -2.38. The van der Waals surface area contributed by atoms with Crippen molar-refractivity contribution in [1.82, 2.24) is 19.4 Å². The van der Waals surface area contributed by atoms with Crippen molar-refractivity contribution >= 4 is 22.4 Å². The molecule has 42 heavy (non-hydrogen) atoms. The molecule has 2 saturated heterocycles. The van der Waals surface area contributed by atoms with Crippen LogP contribution in [-0.4, -0.2) is 77.8 Å². The quantitative estimate of drug-likeness (QED) is 0.263. The SMILES string of the molecule is COc1cccc(F)c1-c1nccc(C(=O)Cc2ccc3c(ccn3CCN3CCOCC3)c2N2C[C@H]3CC[C@@H]2C3)n1. The van der Waals surface area contributed by atoms with Gasteiger partial charge >= 0.3 is 0 Å². The Balaban J connectivity index is 1.20. The second-order valence-electron chi connectivity index (χ2n) is 11.6. The van der Waals surface area contributed by atoms with Crippen LogP contribution < -0.4 is 9.64 Å². The predicted molar refractivity (Wildman–Crippen MR) is 160 cm³/mol. The minimum absolute atomic E-state index is 0.120. The van der Waals surface area contributed by atoms with Gasteiger partial charge in [-0.1, -0.05) is 12.1 Å². The lowest BCUT2D eigenvalue weighted by atomic mass is 9.99. The zero-order valence-electron chi connectivity index (χ0n) is 24.0. The van der Waals surface area contributed by atoms with Crippen LogP contribution in [-0.2, 0) is 17.7 Å². The Labute approximate surface area is 245 Å². The van der Waals surface area contributed by atoms with Crippen LogP contribution in [0.15, 0.2) is 54.9 Å². The molecule has 0 N–H and O–H groups in total. The van der Waals surface area contributed by atoms with Crippen molar-refractivity contribution in [3.05, 3.63) is 71.9 Å². The van der Waals surface area contributed by atoms with Crippen molar-refractivity contribution in [2.75, 3.05) is 51.4 Å². The molecule has 2 aromatic heterocycles. The number of ketones is 1. The van der Waals surface area contributed by atoms with Gasteiger partial charge in [-0.3, -0.25) is 9.69 Å². The van der Waals surface area contributed by atoms with Gasteiger partial charge in [0.25, 0.3) is 0 Å². The molecule has 218 valence electrons. The normalized spacial score (nSPS) is 20.5. The molecule has 0 unspecified atom stereocenters. The molecule has 4 heterocycles. The third kappa shape index (κ3) is 5.05. The predicted octanol–water partition coefficient (Wildman–Crippen LogP) is 4.99. The number of morpholine rings is 1. The number of methoxy groups -OCH3 is 1. The summed E-state index contributed by atoms with van der Waals surface area (Å²) in [6.45, 7) is 6.48. The number of halogens is 1. The largest absolute Gasteiger partial charge is 0.496 e. The van der Waals surface area contributed by atoms with Crippen molar-refractivity contribution in [3.63, 3.8) is 0 Å². The average Bonchev–Trinajstić information content (AvgIpc) is 3.77. The summed E-state index contributed by atoms with van der Waals surface area (Å²) >= 11 is 0. The summed E-state index contributed by atoms with van der Waals surface area (Å²) in [5.41, 5.74) is 3.82. The van der Waals surface area contributed by atoms with Gasteiger partial charge in [-0.2, -0.15) is 0 Å². The number of carbonyl (C=O) groups excluding carboxylic acids is 1. The van der Waals surface area contributed by atoms with E-state index in [1.54, 1.807) is 18.2 Å². The van der Waals surface area contributed by atoms with Gasteiger partial charge in [0.15, 0.2) is 11.6 Å². The van der Waals surface area contributed by atoms with Crippen LogP contribution >= 0.6 is 0 Å². The highest BCUT2D eigenvalue weighted by atomic mass is 19.1. The highest BCUT2D eigenvalue weighted by Crippen LogP contribution is 2.44. The number of rotatable bonds is 9. The van der Waals surface area contributed by atoms with Crippen molar-refractivity contribution < 1.29 is 18.7 Å². The molecule has 3 fully saturated rings. The summed E-state index contributed by atoms with van der Waals surface area (Å²) in [5.74, 6) is 0.576. The Morgan fingerprint density at radius 3 is 2.76 bits per heavy atom. The van der Waals surface area contributed by atoms with Gasteiger partial charge in [0.05, 0.1) is 37.1 Å². The van der Waals surface area contributed by atoms with E-state index in [0.717, 1.165) is 57.4 Å². The monoisotopic (exact) mass is 569 g/mol. The number of hydrogen-bond donors (Lipinski definition) is 0. The number of benzene rings is 2. The minimum atomic E-state index is -0.492. The molecule has 2 bridgehead atoms. The Morgan fingerprint density at radius 2 is 1.98 bits per heavy atom. The maximum atomic E-state index is 14.8. The van der Waals surface area contributed by atoms with Gasteiger partial charge in [0.1, 0.15) is 17.3 Å². The van der Waals surface area contributed by atoms with Gasteiger partial charge in [-0.05, 0) is 61.1 Å². The first-order chi connectivity index (χ1) is 20.6. The third-order valence-corrected chi connectivity index (χ3v) is 9.18. The van der Waals surface area contributed by atoms with Gasteiger partial charge in [0, 0.05) is 63.0 Å². The van der Waals surface area contributed by atoms with E-state index in [-0.39, 0.29) is 29.3 Å². The van der Waals surface area contributed by atoms with Crippen LogP contribution in [0, 0.1) is 11.7 Å². The van der Waals surface area contributed by atoms with Crippen LogP contribution in [0.2, 0.25) is 0 Å². The Bertz CT molecular complexity index is 1610. The van der Waals surface area contributed by atoms with E-state index in [1.165, 1.54) is 55.2 Å². The fraction of sp³-hybridized carbons (Fsp3) is 0.424. The molecule has 2 aliphatic heterocycles. The molecule has 2 aromatic carbocycles. The summed E-state index contributed by atoms with van der Waals surface area (Å²) in [6.07, 6.45) is 7.62. The van der Waals surface area contributed by atoms with Crippen LogP contribution in [0.4, 0.5) is 10.1 Å². The molecule has 0 amide bonds. The summed E-state index contributed by atoms with van der Waals surface area (Å²) in [6, 6.07) is 13.2.